The van der Waals surface area contributed by atoms with Gasteiger partial charge in [0, 0.05) is 18.0 Å². The molecule has 0 aliphatic carbocycles. The first-order valence-corrected chi connectivity index (χ1v) is 12.5. The highest BCUT2D eigenvalue weighted by atomic mass is 35.5. The van der Waals surface area contributed by atoms with Gasteiger partial charge in [0.15, 0.2) is 5.13 Å². The smallest absolute Gasteiger partial charge is 0.239 e. The summed E-state index contributed by atoms with van der Waals surface area (Å²) in [6, 6.07) is 14.6. The topological polar surface area (TPSA) is 36.4 Å². The van der Waals surface area contributed by atoms with E-state index in [1.807, 2.05) is 4.90 Å². The lowest BCUT2D eigenvalue weighted by atomic mass is 10.1. The molecular weight excluding hydrogens is 446 g/mol. The van der Waals surface area contributed by atoms with Gasteiger partial charge in [0.25, 0.3) is 0 Å². The third-order valence-corrected chi connectivity index (χ3v) is 7.36. The second kappa shape index (κ2) is 12.4. The Morgan fingerprint density at radius 3 is 2.39 bits per heavy atom. The van der Waals surface area contributed by atoms with Gasteiger partial charge in [0.05, 0.1) is 16.0 Å². The van der Waals surface area contributed by atoms with Crippen LogP contribution in [0.5, 0.6) is 0 Å². The quantitative estimate of drug-likeness (QED) is 0.333. The Bertz CT molecular complexity index is 971. The molecule has 3 rings (SSSR count). The summed E-state index contributed by atoms with van der Waals surface area (Å²) in [5.41, 5.74) is 3.50. The Morgan fingerprint density at radius 1 is 1.03 bits per heavy atom. The average Bonchev–Trinajstić information content (AvgIpc) is 3.20. The first kappa shape index (κ1) is 25.7. The SMILES string of the molecule is CCc1cccc2sc(N(CCN(CC)CC)C(=O)CSc3ccc(C)cc3)nc12.Cl. The van der Waals surface area contributed by atoms with Crippen molar-refractivity contribution in [3.05, 3.63) is 53.6 Å². The molecule has 0 saturated heterocycles. The monoisotopic (exact) mass is 477 g/mol. The molecule has 0 atom stereocenters. The number of fused-ring (bicyclic) bond motifs is 1. The van der Waals surface area contributed by atoms with Gasteiger partial charge in [0.1, 0.15) is 0 Å². The second-order valence-corrected chi connectivity index (χ2v) is 9.35. The number of halogens is 1. The van der Waals surface area contributed by atoms with E-state index in [9.17, 15) is 4.79 Å². The highest BCUT2D eigenvalue weighted by Crippen LogP contribution is 2.32. The highest BCUT2D eigenvalue weighted by molar-refractivity contribution is 8.00. The lowest BCUT2D eigenvalue weighted by Gasteiger charge is -2.24. The molecule has 1 aromatic heterocycles. The largest absolute Gasteiger partial charge is 0.302 e. The van der Waals surface area contributed by atoms with Crippen LogP contribution in [0.1, 0.15) is 31.9 Å². The van der Waals surface area contributed by atoms with Gasteiger partial charge >= 0.3 is 0 Å². The summed E-state index contributed by atoms with van der Waals surface area (Å²) in [7, 11) is 0. The number of hydrogen-bond donors (Lipinski definition) is 0. The molecule has 0 unspecified atom stereocenters. The number of rotatable bonds is 10. The number of carbonyl (C=O) groups excluding carboxylic acids is 1. The van der Waals surface area contributed by atoms with Crippen LogP contribution in [0.15, 0.2) is 47.4 Å². The second-order valence-electron chi connectivity index (χ2n) is 7.29. The van der Waals surface area contributed by atoms with Crippen LogP contribution >= 0.6 is 35.5 Å². The number of para-hydroxylation sites is 1. The van der Waals surface area contributed by atoms with Gasteiger partial charge in [-0.25, -0.2) is 4.98 Å². The van der Waals surface area contributed by atoms with Crippen LogP contribution < -0.4 is 4.90 Å². The summed E-state index contributed by atoms with van der Waals surface area (Å²) in [5, 5.41) is 0.813. The molecule has 0 aliphatic heterocycles. The minimum absolute atomic E-state index is 0. The maximum absolute atomic E-state index is 13.3. The molecule has 168 valence electrons. The predicted octanol–water partition coefficient (Wildman–Crippen LogP) is 6.06. The number of thioether (sulfide) groups is 1. The molecule has 0 N–H and O–H groups in total. The molecule has 2 aromatic carbocycles. The van der Waals surface area contributed by atoms with E-state index in [0.717, 1.165) is 46.3 Å². The number of benzene rings is 2. The summed E-state index contributed by atoms with van der Waals surface area (Å²) in [4.78, 5) is 23.5. The number of hydrogen-bond acceptors (Lipinski definition) is 5. The van der Waals surface area contributed by atoms with Crippen LogP contribution in [0, 0.1) is 6.92 Å². The van der Waals surface area contributed by atoms with Crippen molar-refractivity contribution in [1.29, 1.82) is 0 Å². The van der Waals surface area contributed by atoms with E-state index in [1.165, 1.54) is 11.1 Å². The summed E-state index contributed by atoms with van der Waals surface area (Å²) >= 11 is 3.21. The highest BCUT2D eigenvalue weighted by Gasteiger charge is 2.21. The maximum Gasteiger partial charge on any atom is 0.239 e. The van der Waals surface area contributed by atoms with Crippen LogP contribution in [0.25, 0.3) is 10.2 Å². The number of aromatic nitrogens is 1. The predicted molar refractivity (Wildman–Crippen MR) is 138 cm³/mol. The molecule has 4 nitrogen and oxygen atoms in total. The van der Waals surface area contributed by atoms with Gasteiger partial charge in [-0.15, -0.1) is 24.2 Å². The molecule has 7 heteroatoms. The molecule has 1 heterocycles. The Hall–Kier alpha value is -1.60. The summed E-state index contributed by atoms with van der Waals surface area (Å²) in [5.74, 6) is 0.530. The van der Waals surface area contributed by atoms with E-state index in [-0.39, 0.29) is 18.3 Å². The van der Waals surface area contributed by atoms with Crippen LogP contribution in [-0.2, 0) is 11.2 Å². The number of anilines is 1. The summed E-state index contributed by atoms with van der Waals surface area (Å²) in [6.07, 6.45) is 0.942. The van der Waals surface area contributed by atoms with E-state index in [0.29, 0.717) is 12.3 Å². The van der Waals surface area contributed by atoms with Crippen molar-refractivity contribution in [1.82, 2.24) is 9.88 Å². The number of likely N-dealkylation sites (N-methyl/N-ethyl adjacent to an activating group) is 1. The van der Waals surface area contributed by atoms with Crippen molar-refractivity contribution in [2.75, 3.05) is 36.8 Å². The molecule has 31 heavy (non-hydrogen) atoms. The first-order chi connectivity index (χ1) is 14.5. The molecule has 0 aliphatic rings. The lowest BCUT2D eigenvalue weighted by Crippen LogP contribution is -2.39. The number of carbonyl (C=O) groups is 1. The zero-order valence-electron chi connectivity index (χ0n) is 18.8. The van der Waals surface area contributed by atoms with Crippen LogP contribution in [-0.4, -0.2) is 47.7 Å². The van der Waals surface area contributed by atoms with E-state index in [1.54, 1.807) is 23.1 Å². The number of amides is 1. The number of nitrogens with zero attached hydrogens (tertiary/aromatic N) is 3. The van der Waals surface area contributed by atoms with Gasteiger partial charge in [-0.05, 0) is 50.2 Å². The normalized spacial score (nSPS) is 11.0. The fourth-order valence-corrected chi connectivity index (χ4v) is 5.19. The van der Waals surface area contributed by atoms with Crippen molar-refractivity contribution in [2.45, 2.75) is 39.0 Å². The zero-order chi connectivity index (χ0) is 21.5. The average molecular weight is 478 g/mol. The Morgan fingerprint density at radius 2 is 1.74 bits per heavy atom. The fraction of sp³-hybridized carbons (Fsp3) is 0.417. The molecule has 0 bridgehead atoms. The Balaban J connectivity index is 0.00000341. The van der Waals surface area contributed by atoms with Gasteiger partial charge < -0.3 is 4.90 Å². The third kappa shape index (κ3) is 6.69. The van der Waals surface area contributed by atoms with Crippen molar-refractivity contribution in [3.63, 3.8) is 0 Å². The summed E-state index contributed by atoms with van der Waals surface area (Å²) < 4.78 is 1.15. The van der Waals surface area contributed by atoms with Crippen LogP contribution in [0.4, 0.5) is 5.13 Å². The maximum atomic E-state index is 13.3. The first-order valence-electron chi connectivity index (χ1n) is 10.7. The van der Waals surface area contributed by atoms with E-state index >= 15 is 0 Å². The van der Waals surface area contributed by atoms with Gasteiger partial charge in [0.2, 0.25) is 5.91 Å². The standard InChI is InChI=1S/C24H31N3OS2.ClH/c1-5-19-9-8-10-21-23(19)25-24(30-21)27(16-15-26(6-2)7-3)22(28)17-29-20-13-11-18(4)12-14-20;/h8-14H,5-7,15-17H2,1-4H3;1H. The summed E-state index contributed by atoms with van der Waals surface area (Å²) in [6.45, 7) is 12.0. The van der Waals surface area contributed by atoms with E-state index in [2.05, 4.69) is 75.1 Å². The molecule has 0 radical (unpaired) electrons. The molecule has 1 amide bonds. The minimum Gasteiger partial charge on any atom is -0.302 e. The van der Waals surface area contributed by atoms with Gasteiger partial charge in [-0.3, -0.25) is 9.69 Å². The van der Waals surface area contributed by atoms with E-state index in [4.69, 9.17) is 4.98 Å². The Kier molecular flexibility index (Phi) is 10.3. The van der Waals surface area contributed by atoms with Crippen molar-refractivity contribution in [2.24, 2.45) is 0 Å². The molecule has 3 aromatic rings. The molecule has 0 saturated carbocycles. The lowest BCUT2D eigenvalue weighted by molar-refractivity contribution is -0.116. The molecule has 0 fully saturated rings. The number of aryl methyl sites for hydroxylation is 2. The van der Waals surface area contributed by atoms with E-state index < -0.39 is 0 Å². The van der Waals surface area contributed by atoms with Crippen LogP contribution in [0.3, 0.4) is 0 Å². The zero-order valence-corrected chi connectivity index (χ0v) is 21.2. The van der Waals surface area contributed by atoms with Crippen molar-refractivity contribution < 1.29 is 4.79 Å². The number of thiazole rings is 1. The molecule has 0 spiro atoms. The molecular formula is C24H32ClN3OS2. The Labute approximate surface area is 200 Å². The van der Waals surface area contributed by atoms with Crippen molar-refractivity contribution in [3.8, 4) is 0 Å². The van der Waals surface area contributed by atoms with Gasteiger partial charge in [-0.1, -0.05) is 61.9 Å². The van der Waals surface area contributed by atoms with Crippen molar-refractivity contribution >= 4 is 56.8 Å². The van der Waals surface area contributed by atoms with Gasteiger partial charge in [-0.2, -0.15) is 0 Å². The van der Waals surface area contributed by atoms with Crippen LogP contribution in [0.2, 0.25) is 0 Å². The minimum atomic E-state index is 0. The fourth-order valence-electron chi connectivity index (χ4n) is 3.36. The third-order valence-electron chi connectivity index (χ3n) is 5.32.